The van der Waals surface area contributed by atoms with Gasteiger partial charge in [-0.3, -0.25) is 9.36 Å². The highest BCUT2D eigenvalue weighted by Crippen LogP contribution is 2.34. The first kappa shape index (κ1) is 17.1. The Morgan fingerprint density at radius 1 is 1.26 bits per heavy atom. The molecule has 0 aliphatic heterocycles. The molecule has 27 heavy (non-hydrogen) atoms. The van der Waals surface area contributed by atoms with Gasteiger partial charge in [0.15, 0.2) is 5.78 Å². The Morgan fingerprint density at radius 2 is 2.07 bits per heavy atom. The molecule has 0 saturated carbocycles. The number of pyridine rings is 1. The van der Waals surface area contributed by atoms with Gasteiger partial charge in [-0.25, -0.2) is 14.4 Å². The summed E-state index contributed by atoms with van der Waals surface area (Å²) in [4.78, 5) is 21.5. The molecular weight excluding hydrogens is 343 g/mol. The molecule has 2 aromatic heterocycles. The quantitative estimate of drug-likeness (QED) is 0.690. The lowest BCUT2D eigenvalue weighted by Crippen LogP contribution is -2.31. The Hall–Kier alpha value is -3.33. The molecule has 0 fully saturated rings. The number of carbonyl (C=O) groups is 1. The van der Waals surface area contributed by atoms with E-state index in [0.717, 1.165) is 18.5 Å². The fourth-order valence-corrected chi connectivity index (χ4v) is 3.34. The molecule has 4 rings (SSSR count). The van der Waals surface area contributed by atoms with Crippen LogP contribution in [0, 0.1) is 22.6 Å². The number of benzene rings is 1. The van der Waals surface area contributed by atoms with Crippen LogP contribution in [0.15, 0.2) is 42.9 Å². The highest BCUT2D eigenvalue weighted by molar-refractivity contribution is 6.02. The van der Waals surface area contributed by atoms with Gasteiger partial charge in [0, 0.05) is 22.7 Å². The number of halogens is 1. The number of nitrogens with zero attached hydrogens (tertiary/aromatic N) is 4. The van der Waals surface area contributed by atoms with Crippen molar-refractivity contribution in [2.45, 2.75) is 26.7 Å². The van der Waals surface area contributed by atoms with E-state index < -0.39 is 5.82 Å². The van der Waals surface area contributed by atoms with Crippen molar-refractivity contribution in [2.24, 2.45) is 5.41 Å². The third kappa shape index (κ3) is 3.02. The smallest absolute Gasteiger partial charge is 0.170 e. The molecule has 3 aromatic rings. The Kier molecular flexibility index (Phi) is 3.88. The van der Waals surface area contributed by atoms with Crippen LogP contribution >= 0.6 is 0 Å². The number of Topliss-reactive ketones (excluding diaryl/α,β-unsaturated/α-hetero) is 1. The lowest BCUT2D eigenvalue weighted by atomic mass is 9.75. The summed E-state index contributed by atoms with van der Waals surface area (Å²) in [5.41, 5.74) is 2.44. The summed E-state index contributed by atoms with van der Waals surface area (Å²) >= 11 is 0. The molecule has 6 heteroatoms. The van der Waals surface area contributed by atoms with Gasteiger partial charge in [0.25, 0.3) is 0 Å². The number of hydrogen-bond acceptors (Lipinski definition) is 4. The monoisotopic (exact) mass is 360 g/mol. The molecule has 1 aromatic carbocycles. The lowest BCUT2D eigenvalue weighted by Gasteiger charge is -2.29. The molecule has 0 unspecified atom stereocenters. The number of fused-ring (bicyclic) bond motifs is 1. The van der Waals surface area contributed by atoms with Crippen LogP contribution in [-0.4, -0.2) is 20.3 Å². The molecule has 0 spiro atoms. The zero-order valence-corrected chi connectivity index (χ0v) is 15.0. The molecule has 1 aliphatic rings. The van der Waals surface area contributed by atoms with Crippen LogP contribution in [0.25, 0.3) is 17.1 Å². The van der Waals surface area contributed by atoms with Crippen LogP contribution in [0.1, 0.15) is 41.9 Å². The molecule has 0 amide bonds. The van der Waals surface area contributed by atoms with Gasteiger partial charge in [0.2, 0.25) is 0 Å². The fourth-order valence-electron chi connectivity index (χ4n) is 3.34. The summed E-state index contributed by atoms with van der Waals surface area (Å²) < 4.78 is 15.4. The molecular formula is C21H17FN4O. The van der Waals surface area contributed by atoms with Gasteiger partial charge < -0.3 is 0 Å². The number of aryl methyl sites for hydroxylation is 1. The van der Waals surface area contributed by atoms with E-state index in [1.807, 2.05) is 26.0 Å². The number of imidazole rings is 1. The number of aromatic nitrogens is 3. The van der Waals surface area contributed by atoms with Crippen LogP contribution in [0.2, 0.25) is 0 Å². The second-order valence-corrected chi connectivity index (χ2v) is 7.38. The summed E-state index contributed by atoms with van der Waals surface area (Å²) in [6.45, 7) is 3.92. The maximum absolute atomic E-state index is 13.7. The summed E-state index contributed by atoms with van der Waals surface area (Å²) in [5.74, 6) is 0.293. The molecule has 1 aliphatic carbocycles. The zero-order chi connectivity index (χ0) is 19.2. The van der Waals surface area contributed by atoms with Gasteiger partial charge in [-0.15, -0.1) is 0 Å². The first-order chi connectivity index (χ1) is 12.9. The highest BCUT2D eigenvalue weighted by atomic mass is 19.1. The normalized spacial score (nSPS) is 15.3. The van der Waals surface area contributed by atoms with Crippen molar-refractivity contribution < 1.29 is 9.18 Å². The maximum atomic E-state index is 13.7. The van der Waals surface area contributed by atoms with Crippen LogP contribution in [0.3, 0.4) is 0 Å². The van der Waals surface area contributed by atoms with E-state index >= 15 is 0 Å². The highest BCUT2D eigenvalue weighted by Gasteiger charge is 2.34. The molecule has 2 heterocycles. The molecule has 134 valence electrons. The Bertz CT molecular complexity index is 1110. The minimum Gasteiger partial charge on any atom is -0.294 e. The van der Waals surface area contributed by atoms with E-state index in [9.17, 15) is 9.18 Å². The second-order valence-electron chi connectivity index (χ2n) is 7.38. The molecule has 0 bridgehead atoms. The Morgan fingerprint density at radius 3 is 2.85 bits per heavy atom. The van der Waals surface area contributed by atoms with Crippen molar-refractivity contribution >= 4 is 5.78 Å². The van der Waals surface area contributed by atoms with Gasteiger partial charge in [0.05, 0.1) is 23.0 Å². The predicted molar refractivity (Wildman–Crippen MR) is 97.9 cm³/mol. The van der Waals surface area contributed by atoms with Crippen molar-refractivity contribution in [1.82, 2.24) is 14.5 Å². The summed E-state index contributed by atoms with van der Waals surface area (Å²) in [6, 6.07) is 9.67. The molecule has 0 saturated heterocycles. The van der Waals surface area contributed by atoms with E-state index in [1.165, 1.54) is 12.1 Å². The van der Waals surface area contributed by atoms with Crippen molar-refractivity contribution in [2.75, 3.05) is 0 Å². The van der Waals surface area contributed by atoms with Gasteiger partial charge >= 0.3 is 0 Å². The van der Waals surface area contributed by atoms with Crippen molar-refractivity contribution in [3.05, 3.63) is 65.5 Å². The van der Waals surface area contributed by atoms with Gasteiger partial charge in [0.1, 0.15) is 18.0 Å². The van der Waals surface area contributed by atoms with Crippen LogP contribution in [0.5, 0.6) is 0 Å². The third-order valence-corrected chi connectivity index (χ3v) is 4.98. The van der Waals surface area contributed by atoms with E-state index in [1.54, 1.807) is 29.2 Å². The lowest BCUT2D eigenvalue weighted by molar-refractivity contribution is 0.0809. The standard InChI is InChI=1S/C21H17FN4O/c1-21(2)6-5-17-16(20(21)27)3-4-19(25-17)26-11-18(24-12-26)14-7-13(10-23)8-15(22)9-14/h3-4,7-9,11-12H,5-6H2,1-2H3. The largest absolute Gasteiger partial charge is 0.294 e. The first-order valence-corrected chi connectivity index (χ1v) is 8.67. The predicted octanol–water partition coefficient (Wildman–Crippen LogP) is 4.10. The van der Waals surface area contributed by atoms with Crippen LogP contribution in [0.4, 0.5) is 4.39 Å². The SMILES string of the molecule is CC1(C)CCc2nc(-n3cnc(-c4cc(F)cc(C#N)c4)c3)ccc2C1=O. The number of nitriles is 1. The zero-order valence-electron chi connectivity index (χ0n) is 15.0. The minimum atomic E-state index is -0.480. The second kappa shape index (κ2) is 6.13. The summed E-state index contributed by atoms with van der Waals surface area (Å²) in [7, 11) is 0. The minimum absolute atomic E-state index is 0.123. The van der Waals surface area contributed by atoms with Crippen molar-refractivity contribution in [3.8, 4) is 23.1 Å². The molecule has 0 N–H and O–H groups in total. The number of rotatable bonds is 2. The summed E-state index contributed by atoms with van der Waals surface area (Å²) in [6.07, 6.45) is 4.85. The van der Waals surface area contributed by atoms with Crippen LogP contribution < -0.4 is 0 Å². The molecule has 0 atom stereocenters. The van der Waals surface area contributed by atoms with Crippen molar-refractivity contribution in [3.63, 3.8) is 0 Å². The third-order valence-electron chi connectivity index (χ3n) is 4.98. The molecule has 5 nitrogen and oxygen atoms in total. The van der Waals surface area contributed by atoms with E-state index in [0.29, 0.717) is 22.6 Å². The van der Waals surface area contributed by atoms with E-state index in [4.69, 9.17) is 5.26 Å². The number of carbonyl (C=O) groups excluding carboxylic acids is 1. The molecule has 0 radical (unpaired) electrons. The van der Waals surface area contributed by atoms with E-state index in [-0.39, 0.29) is 16.8 Å². The maximum Gasteiger partial charge on any atom is 0.170 e. The average molecular weight is 360 g/mol. The van der Waals surface area contributed by atoms with Crippen LogP contribution in [-0.2, 0) is 6.42 Å². The Labute approximate surface area is 156 Å². The topological polar surface area (TPSA) is 71.6 Å². The number of ketones is 1. The van der Waals surface area contributed by atoms with Gasteiger partial charge in [-0.2, -0.15) is 5.26 Å². The first-order valence-electron chi connectivity index (χ1n) is 8.67. The Balaban J connectivity index is 1.70. The fraction of sp³-hybridized carbons (Fsp3) is 0.238. The van der Waals surface area contributed by atoms with Gasteiger partial charge in [-0.05, 0) is 43.2 Å². The van der Waals surface area contributed by atoms with Crippen molar-refractivity contribution in [1.29, 1.82) is 5.26 Å². The van der Waals surface area contributed by atoms with E-state index in [2.05, 4.69) is 9.97 Å². The van der Waals surface area contributed by atoms with Gasteiger partial charge in [-0.1, -0.05) is 13.8 Å². The average Bonchev–Trinajstić information content (AvgIpc) is 3.14. The number of hydrogen-bond donors (Lipinski definition) is 0. The summed E-state index contributed by atoms with van der Waals surface area (Å²) in [5, 5.41) is 9.01.